The lowest BCUT2D eigenvalue weighted by Gasteiger charge is -2.06. The Bertz CT molecular complexity index is 1080. The minimum absolute atomic E-state index is 0.228. The summed E-state index contributed by atoms with van der Waals surface area (Å²) in [5.41, 5.74) is 3.90. The minimum atomic E-state index is -0.508. The Morgan fingerprint density at radius 3 is 2.60 bits per heavy atom. The maximum Gasteiger partial charge on any atom is 0.355 e. The van der Waals surface area contributed by atoms with Gasteiger partial charge in [-0.3, -0.25) is 9.59 Å². The molecule has 3 rings (SSSR count). The number of carbonyl (C=O) groups excluding carboxylic acids is 3. The topological polar surface area (TPSA) is 101 Å². The molecule has 0 atom stereocenters. The predicted octanol–water partition coefficient (Wildman–Crippen LogP) is 4.04. The van der Waals surface area contributed by atoms with E-state index < -0.39 is 11.9 Å². The molecule has 0 amide bonds. The molecular formula is C23H26N2O5. The molecule has 0 spiro atoms. The first kappa shape index (κ1) is 21.4. The smallest absolute Gasteiger partial charge is 0.355 e. The summed E-state index contributed by atoms with van der Waals surface area (Å²) in [5.74, 6) is -1.27. The molecule has 2 aromatic heterocycles. The molecule has 7 heteroatoms. The van der Waals surface area contributed by atoms with E-state index in [1.807, 2.05) is 30.5 Å². The molecule has 0 aliphatic carbocycles. The molecule has 0 radical (unpaired) electrons. The first-order chi connectivity index (χ1) is 14.4. The molecule has 2 heterocycles. The number of ether oxygens (including phenoxy) is 2. The molecule has 0 aliphatic rings. The Morgan fingerprint density at radius 2 is 1.83 bits per heavy atom. The van der Waals surface area contributed by atoms with Crippen molar-refractivity contribution in [1.82, 2.24) is 9.97 Å². The fourth-order valence-electron chi connectivity index (χ4n) is 3.63. The van der Waals surface area contributed by atoms with Crippen LogP contribution in [0.2, 0.25) is 0 Å². The Hall–Kier alpha value is -3.35. The molecule has 1 aromatic carbocycles. The van der Waals surface area contributed by atoms with Gasteiger partial charge < -0.3 is 19.4 Å². The lowest BCUT2D eigenvalue weighted by atomic mass is 10.1. The summed E-state index contributed by atoms with van der Waals surface area (Å²) in [4.78, 5) is 42.7. The van der Waals surface area contributed by atoms with Gasteiger partial charge in [0.05, 0.1) is 6.61 Å². The van der Waals surface area contributed by atoms with Crippen LogP contribution >= 0.6 is 0 Å². The Morgan fingerprint density at radius 1 is 1.07 bits per heavy atom. The second kappa shape index (κ2) is 9.43. The highest BCUT2D eigenvalue weighted by molar-refractivity contribution is 6.03. The molecule has 0 unspecified atom stereocenters. The predicted molar refractivity (Wildman–Crippen MR) is 113 cm³/mol. The molecule has 30 heavy (non-hydrogen) atoms. The van der Waals surface area contributed by atoms with Crippen molar-refractivity contribution in [2.45, 2.75) is 40.0 Å². The zero-order chi connectivity index (χ0) is 21.7. The van der Waals surface area contributed by atoms with Gasteiger partial charge in [0, 0.05) is 34.8 Å². The molecule has 7 nitrogen and oxygen atoms in total. The molecule has 0 fully saturated rings. The van der Waals surface area contributed by atoms with Crippen LogP contribution in [0.15, 0.2) is 30.5 Å². The number of aromatic amines is 2. The van der Waals surface area contributed by atoms with E-state index in [4.69, 9.17) is 9.47 Å². The van der Waals surface area contributed by atoms with Crippen molar-refractivity contribution in [1.29, 1.82) is 0 Å². The molecule has 0 bridgehead atoms. The highest BCUT2D eigenvalue weighted by Gasteiger charge is 2.23. The summed E-state index contributed by atoms with van der Waals surface area (Å²) in [7, 11) is 0. The van der Waals surface area contributed by atoms with Crippen LogP contribution < -0.4 is 0 Å². The average molecular weight is 410 g/mol. The maximum absolute atomic E-state index is 12.5. The Labute approximate surface area is 174 Å². The molecule has 2 N–H and O–H groups in total. The van der Waals surface area contributed by atoms with Gasteiger partial charge in [-0.2, -0.15) is 0 Å². The monoisotopic (exact) mass is 410 g/mol. The van der Waals surface area contributed by atoms with Gasteiger partial charge in [0.1, 0.15) is 5.69 Å². The normalized spacial score (nSPS) is 10.9. The van der Waals surface area contributed by atoms with Crippen LogP contribution in [0.5, 0.6) is 0 Å². The highest BCUT2D eigenvalue weighted by atomic mass is 16.5. The number of fused-ring (bicyclic) bond motifs is 1. The lowest BCUT2D eigenvalue weighted by Crippen LogP contribution is -2.15. The van der Waals surface area contributed by atoms with Crippen LogP contribution in [-0.2, 0) is 20.7 Å². The number of nitrogens with one attached hydrogen (secondary N) is 2. The fourth-order valence-corrected chi connectivity index (χ4v) is 3.63. The van der Waals surface area contributed by atoms with E-state index in [1.165, 1.54) is 0 Å². The number of rotatable bonds is 9. The van der Waals surface area contributed by atoms with Crippen LogP contribution in [-0.4, -0.2) is 40.9 Å². The van der Waals surface area contributed by atoms with E-state index in [-0.39, 0.29) is 31.1 Å². The number of hydrogen-bond donors (Lipinski definition) is 2. The van der Waals surface area contributed by atoms with Gasteiger partial charge >= 0.3 is 11.9 Å². The maximum atomic E-state index is 12.5. The Balaban J connectivity index is 1.51. The minimum Gasteiger partial charge on any atom is -0.461 e. The molecule has 0 saturated carbocycles. The van der Waals surface area contributed by atoms with Crippen molar-refractivity contribution in [2.24, 2.45) is 0 Å². The van der Waals surface area contributed by atoms with Crippen molar-refractivity contribution in [3.63, 3.8) is 0 Å². The van der Waals surface area contributed by atoms with Gasteiger partial charge in [-0.05, 0) is 50.8 Å². The summed E-state index contributed by atoms with van der Waals surface area (Å²) in [6.45, 7) is 4.98. The number of para-hydroxylation sites is 1. The van der Waals surface area contributed by atoms with Crippen molar-refractivity contribution in [3.05, 3.63) is 58.5 Å². The summed E-state index contributed by atoms with van der Waals surface area (Å²) in [6, 6.07) is 8.01. The number of aryl methyl sites for hydroxylation is 2. The molecule has 0 saturated heterocycles. The number of Topliss-reactive ketones (excluding diaryl/α,β-unsaturated/α-hetero) is 1. The highest BCUT2D eigenvalue weighted by Crippen LogP contribution is 2.21. The van der Waals surface area contributed by atoms with Crippen LogP contribution in [0, 0.1) is 13.8 Å². The van der Waals surface area contributed by atoms with Crippen LogP contribution in [0.3, 0.4) is 0 Å². The molecule has 0 aliphatic heterocycles. The molecule has 3 aromatic rings. The first-order valence-electron chi connectivity index (χ1n) is 10.0. The van der Waals surface area contributed by atoms with E-state index in [0.717, 1.165) is 22.9 Å². The van der Waals surface area contributed by atoms with Gasteiger partial charge in [0.25, 0.3) is 0 Å². The number of aromatic nitrogens is 2. The average Bonchev–Trinajstić information content (AvgIpc) is 3.27. The Kier molecular flexibility index (Phi) is 6.72. The largest absolute Gasteiger partial charge is 0.461 e. The summed E-state index contributed by atoms with van der Waals surface area (Å²) >= 11 is 0. The second-order valence-corrected chi connectivity index (χ2v) is 7.14. The van der Waals surface area contributed by atoms with E-state index >= 15 is 0 Å². The van der Waals surface area contributed by atoms with E-state index in [1.54, 1.807) is 20.8 Å². The summed E-state index contributed by atoms with van der Waals surface area (Å²) in [6.07, 6.45) is 3.56. The lowest BCUT2D eigenvalue weighted by molar-refractivity contribution is -0.142. The molecule has 158 valence electrons. The first-order valence-corrected chi connectivity index (χ1v) is 10.0. The van der Waals surface area contributed by atoms with Gasteiger partial charge in [0.2, 0.25) is 5.78 Å². The zero-order valence-corrected chi connectivity index (χ0v) is 17.5. The van der Waals surface area contributed by atoms with Crippen molar-refractivity contribution >= 4 is 28.6 Å². The number of carbonyl (C=O) groups is 3. The number of hydrogen-bond acceptors (Lipinski definition) is 5. The van der Waals surface area contributed by atoms with Crippen LogP contribution in [0.1, 0.15) is 57.4 Å². The zero-order valence-electron chi connectivity index (χ0n) is 17.5. The third-order valence-electron chi connectivity index (χ3n) is 5.06. The van der Waals surface area contributed by atoms with Crippen LogP contribution in [0.25, 0.3) is 10.9 Å². The van der Waals surface area contributed by atoms with Crippen molar-refractivity contribution in [3.8, 4) is 0 Å². The van der Waals surface area contributed by atoms with E-state index in [2.05, 4.69) is 9.97 Å². The van der Waals surface area contributed by atoms with Gasteiger partial charge in [-0.25, -0.2) is 4.79 Å². The SMILES string of the molecule is CCOC(=O)c1[nH]c(C)c(C(=O)COC(=O)CCCc2c[nH]c3ccccc23)c1C. The quantitative estimate of drug-likeness (QED) is 0.410. The standard InChI is InChI=1S/C23H26N2O5/c1-4-29-23(28)22-14(2)21(15(3)25-22)19(26)13-30-20(27)11-7-8-16-12-24-18-10-6-5-9-17(16)18/h5-6,9-10,12,24-25H,4,7-8,11,13H2,1-3H3. The summed E-state index contributed by atoms with van der Waals surface area (Å²) < 4.78 is 10.2. The number of benzene rings is 1. The third-order valence-corrected chi connectivity index (χ3v) is 5.06. The van der Waals surface area contributed by atoms with Crippen molar-refractivity contribution < 1.29 is 23.9 Å². The number of ketones is 1. The number of H-pyrrole nitrogens is 2. The fraction of sp³-hybridized carbons (Fsp3) is 0.348. The van der Waals surface area contributed by atoms with Gasteiger partial charge in [0.15, 0.2) is 6.61 Å². The van der Waals surface area contributed by atoms with Crippen LogP contribution in [0.4, 0.5) is 0 Å². The summed E-state index contributed by atoms with van der Waals surface area (Å²) in [5, 5.41) is 1.15. The second-order valence-electron chi connectivity index (χ2n) is 7.14. The van der Waals surface area contributed by atoms with Gasteiger partial charge in [-0.15, -0.1) is 0 Å². The van der Waals surface area contributed by atoms with Crippen molar-refractivity contribution in [2.75, 3.05) is 13.2 Å². The third kappa shape index (κ3) is 4.62. The van der Waals surface area contributed by atoms with Gasteiger partial charge in [-0.1, -0.05) is 18.2 Å². The number of esters is 2. The van der Waals surface area contributed by atoms with E-state index in [9.17, 15) is 14.4 Å². The van der Waals surface area contributed by atoms with E-state index in [0.29, 0.717) is 23.2 Å². The molecular weight excluding hydrogens is 384 g/mol.